The zero-order valence-corrected chi connectivity index (χ0v) is 24.7. The monoisotopic (exact) mass is 590 g/mol. The number of hydrogen-bond acceptors (Lipinski definition) is 8. The smallest absolute Gasteiger partial charge is 0.201 e. The van der Waals surface area contributed by atoms with Crippen molar-refractivity contribution in [3.63, 3.8) is 0 Å². The minimum Gasteiger partial charge on any atom is -0.506 e. The van der Waals surface area contributed by atoms with Gasteiger partial charge in [-0.1, -0.05) is 48.5 Å². The van der Waals surface area contributed by atoms with Gasteiger partial charge in [0.05, 0.1) is 22.2 Å². The first-order valence-electron chi connectivity index (χ1n) is 14.8. The molecular formula is C34H30N4O2S2. The average molecular weight is 591 g/mol. The highest BCUT2D eigenvalue weighted by molar-refractivity contribution is 7.99. The van der Waals surface area contributed by atoms with Crippen molar-refractivity contribution in [2.24, 2.45) is 4.99 Å². The van der Waals surface area contributed by atoms with Crippen LogP contribution in [-0.2, 0) is 4.79 Å². The lowest BCUT2D eigenvalue weighted by Gasteiger charge is -2.44. The maximum atomic E-state index is 14.2. The molecule has 6 nitrogen and oxygen atoms in total. The highest BCUT2D eigenvalue weighted by Crippen LogP contribution is 2.48. The third-order valence-electron chi connectivity index (χ3n) is 9.63. The Morgan fingerprint density at radius 1 is 0.714 bits per heavy atom. The predicted octanol–water partition coefficient (Wildman–Crippen LogP) is 6.02. The summed E-state index contributed by atoms with van der Waals surface area (Å²) in [6.07, 6.45) is 3.83. The first kappa shape index (κ1) is 24.9. The number of aliphatic hydroxyl groups is 1. The molecule has 2 fully saturated rings. The maximum absolute atomic E-state index is 14.2. The van der Waals surface area contributed by atoms with E-state index in [9.17, 15) is 9.90 Å². The third kappa shape index (κ3) is 3.48. The largest absolute Gasteiger partial charge is 0.506 e. The zero-order chi connectivity index (χ0) is 28.1. The van der Waals surface area contributed by atoms with Gasteiger partial charge in [-0.15, -0.1) is 0 Å². The van der Waals surface area contributed by atoms with Crippen LogP contribution in [0.1, 0.15) is 31.2 Å². The van der Waals surface area contributed by atoms with Crippen molar-refractivity contribution >= 4 is 79.1 Å². The number of nitrogens with zero attached hydrogens (tertiary/aromatic N) is 1. The fourth-order valence-electron chi connectivity index (χ4n) is 7.44. The van der Waals surface area contributed by atoms with E-state index in [0.29, 0.717) is 11.1 Å². The molecule has 9 rings (SSSR count). The van der Waals surface area contributed by atoms with Crippen molar-refractivity contribution in [2.45, 2.75) is 37.0 Å². The molecule has 1 aliphatic carbocycles. The molecule has 4 N–H and O–H groups in total. The van der Waals surface area contributed by atoms with E-state index in [4.69, 9.17) is 4.99 Å². The SMILES string of the molecule is O=C1C(c2ccc3cccc4c3c2NC2(CCSCC2)N4)=C(O)/C1=c1\ccc2cccc3c2c1=NC1(CCSCC1)N3. The van der Waals surface area contributed by atoms with Crippen molar-refractivity contribution in [2.75, 3.05) is 39.0 Å². The molecule has 42 heavy (non-hydrogen) atoms. The van der Waals surface area contributed by atoms with Crippen LogP contribution in [0.25, 0.3) is 32.7 Å². The molecule has 4 aliphatic heterocycles. The average Bonchev–Trinajstić information content (AvgIpc) is 3.00. The number of Topliss-reactive ketones (excluding diaryl/α,β-unsaturated/α-hetero) is 1. The number of allylic oxidation sites excluding steroid dienone is 2. The Hall–Kier alpha value is -3.62. The second-order valence-corrected chi connectivity index (χ2v) is 14.5. The molecule has 4 aromatic carbocycles. The lowest BCUT2D eigenvalue weighted by molar-refractivity contribution is -0.109. The van der Waals surface area contributed by atoms with Crippen molar-refractivity contribution in [3.8, 4) is 0 Å². The van der Waals surface area contributed by atoms with Gasteiger partial charge in [-0.25, -0.2) is 0 Å². The molecule has 0 saturated carbocycles. The van der Waals surface area contributed by atoms with Crippen LogP contribution in [-0.4, -0.2) is 45.2 Å². The summed E-state index contributed by atoms with van der Waals surface area (Å²) in [5.74, 6) is 4.18. The van der Waals surface area contributed by atoms with Gasteiger partial charge in [-0.05, 0) is 71.6 Å². The summed E-state index contributed by atoms with van der Waals surface area (Å²) >= 11 is 3.94. The summed E-state index contributed by atoms with van der Waals surface area (Å²) in [4.78, 5) is 19.5. The number of rotatable bonds is 1. The van der Waals surface area contributed by atoms with Crippen LogP contribution in [0.5, 0.6) is 0 Å². The molecule has 2 spiro atoms. The van der Waals surface area contributed by atoms with E-state index >= 15 is 0 Å². The predicted molar refractivity (Wildman–Crippen MR) is 176 cm³/mol. The van der Waals surface area contributed by atoms with E-state index < -0.39 is 0 Å². The molecule has 4 aromatic rings. The number of aliphatic hydroxyl groups excluding tert-OH is 1. The van der Waals surface area contributed by atoms with Gasteiger partial charge in [0.25, 0.3) is 0 Å². The molecule has 5 aliphatic rings. The summed E-state index contributed by atoms with van der Waals surface area (Å²) in [6, 6.07) is 20.6. The Balaban J connectivity index is 1.27. The summed E-state index contributed by atoms with van der Waals surface area (Å²) in [6.45, 7) is 0. The summed E-state index contributed by atoms with van der Waals surface area (Å²) in [7, 11) is 0. The number of ketones is 1. The first-order chi connectivity index (χ1) is 20.5. The normalized spacial score (nSPS) is 22.8. The van der Waals surface area contributed by atoms with Gasteiger partial charge in [-0.2, -0.15) is 23.5 Å². The van der Waals surface area contributed by atoms with E-state index in [1.165, 1.54) is 0 Å². The highest BCUT2D eigenvalue weighted by Gasteiger charge is 2.42. The van der Waals surface area contributed by atoms with Gasteiger partial charge in [0, 0.05) is 32.9 Å². The van der Waals surface area contributed by atoms with Crippen molar-refractivity contribution < 1.29 is 9.90 Å². The minimum absolute atomic E-state index is 0.0664. The van der Waals surface area contributed by atoms with Crippen LogP contribution in [0.4, 0.5) is 17.1 Å². The number of hydrogen-bond donors (Lipinski definition) is 4. The van der Waals surface area contributed by atoms with Gasteiger partial charge < -0.3 is 21.1 Å². The molecule has 0 amide bonds. The van der Waals surface area contributed by atoms with E-state index in [1.807, 2.05) is 41.7 Å². The fourth-order valence-corrected chi connectivity index (χ4v) is 9.80. The second-order valence-electron chi connectivity index (χ2n) is 12.0. The summed E-state index contributed by atoms with van der Waals surface area (Å²) in [5.41, 5.74) is 4.00. The van der Waals surface area contributed by atoms with E-state index in [-0.39, 0.29) is 22.9 Å². The molecule has 0 bridgehead atoms. The van der Waals surface area contributed by atoms with Gasteiger partial charge in [0.1, 0.15) is 17.1 Å². The Kier molecular flexibility index (Phi) is 5.31. The van der Waals surface area contributed by atoms with Gasteiger partial charge in [-0.3, -0.25) is 9.79 Å². The number of carbonyl (C=O) groups is 1. The van der Waals surface area contributed by atoms with Gasteiger partial charge >= 0.3 is 0 Å². The maximum Gasteiger partial charge on any atom is 0.201 e. The number of anilines is 3. The van der Waals surface area contributed by atoms with Crippen molar-refractivity contribution in [3.05, 3.63) is 82.6 Å². The summed E-state index contributed by atoms with van der Waals surface area (Å²) < 4.78 is 0. The Labute approximate surface area is 251 Å². The molecule has 210 valence electrons. The fraction of sp³-hybridized carbons (Fsp3) is 0.294. The molecular weight excluding hydrogens is 561 g/mol. The lowest BCUT2D eigenvalue weighted by Crippen LogP contribution is -2.51. The number of nitrogens with one attached hydrogen (secondary N) is 3. The molecule has 4 heterocycles. The van der Waals surface area contributed by atoms with Crippen LogP contribution in [0.3, 0.4) is 0 Å². The molecule has 0 radical (unpaired) electrons. The number of benzene rings is 4. The first-order valence-corrected chi connectivity index (χ1v) is 17.1. The number of carbonyl (C=O) groups excluding carboxylic acids is 1. The van der Waals surface area contributed by atoms with Crippen LogP contribution < -0.4 is 26.5 Å². The molecule has 2 saturated heterocycles. The number of thioether (sulfide) groups is 2. The van der Waals surface area contributed by atoms with Crippen LogP contribution in [0, 0.1) is 0 Å². The standard InChI is InChI=1S/C34H30N4O2S2/c39-31-27(21-9-7-19-3-1-5-23-25(19)29(21)37-33(35-23)11-15-41-16-12-33)32(40)28(31)22-10-8-20-4-2-6-24-26(20)30(22)38-34(36-24)13-17-42-18-14-34/h1-10,35-37,39H,11-18H2/b28-22-. The molecule has 0 unspecified atom stereocenters. The van der Waals surface area contributed by atoms with Crippen molar-refractivity contribution in [1.82, 2.24) is 0 Å². The highest BCUT2D eigenvalue weighted by atomic mass is 32.2. The van der Waals surface area contributed by atoms with Gasteiger partial charge in [0.15, 0.2) is 0 Å². The second kappa shape index (κ2) is 8.94. The lowest BCUT2D eigenvalue weighted by atomic mass is 9.79. The molecule has 0 atom stereocenters. The van der Waals surface area contributed by atoms with E-state index in [0.717, 1.165) is 103 Å². The third-order valence-corrected chi connectivity index (χ3v) is 11.6. The van der Waals surface area contributed by atoms with Crippen molar-refractivity contribution in [1.29, 1.82) is 0 Å². The van der Waals surface area contributed by atoms with Crippen LogP contribution >= 0.6 is 23.5 Å². The minimum atomic E-state index is -0.374. The Bertz CT molecular complexity index is 2020. The summed E-state index contributed by atoms with van der Waals surface area (Å²) in [5, 5.41) is 28.9. The Morgan fingerprint density at radius 3 is 2.12 bits per heavy atom. The topological polar surface area (TPSA) is 85.8 Å². The zero-order valence-electron chi connectivity index (χ0n) is 23.0. The van der Waals surface area contributed by atoms with E-state index in [2.05, 4.69) is 58.4 Å². The van der Waals surface area contributed by atoms with E-state index in [1.54, 1.807) is 0 Å². The van der Waals surface area contributed by atoms with Crippen LogP contribution in [0.2, 0.25) is 0 Å². The Morgan fingerprint density at radius 2 is 1.38 bits per heavy atom. The molecule has 0 aromatic heterocycles. The quantitative estimate of drug-likeness (QED) is 0.216. The molecule has 8 heteroatoms. The van der Waals surface area contributed by atoms with Crippen LogP contribution in [0.15, 0.2) is 71.4 Å². The van der Waals surface area contributed by atoms with Gasteiger partial charge in [0.2, 0.25) is 5.78 Å².